The number of carbonyl (C=O) groups is 1. The molecule has 0 saturated heterocycles. The maximum atomic E-state index is 11.9. The number of nitrogens with two attached hydrogens (primary N) is 2. The van der Waals surface area contributed by atoms with Gasteiger partial charge in [-0.05, 0) is 35.9 Å². The van der Waals surface area contributed by atoms with Crippen molar-refractivity contribution in [3.63, 3.8) is 0 Å². The lowest BCUT2D eigenvalue weighted by molar-refractivity contribution is 0.0509. The maximum absolute atomic E-state index is 11.9. The number of benzene rings is 2. The van der Waals surface area contributed by atoms with Gasteiger partial charge in [0.25, 0.3) is 0 Å². The van der Waals surface area contributed by atoms with Crippen LogP contribution >= 0.6 is 0 Å². The minimum Gasteiger partial charge on any atom is -0.497 e. The Morgan fingerprint density at radius 3 is 2.24 bits per heavy atom. The second-order valence-corrected chi connectivity index (χ2v) is 4.62. The summed E-state index contributed by atoms with van der Waals surface area (Å²) in [4.78, 5) is 11.9. The lowest BCUT2D eigenvalue weighted by Crippen LogP contribution is -2.09. The fourth-order valence-corrected chi connectivity index (χ4v) is 1.93. The number of rotatable bonds is 5. The molecule has 5 heteroatoms. The van der Waals surface area contributed by atoms with Crippen molar-refractivity contribution >= 4 is 17.3 Å². The van der Waals surface area contributed by atoms with Gasteiger partial charge in [0, 0.05) is 17.8 Å². The van der Waals surface area contributed by atoms with Gasteiger partial charge < -0.3 is 20.9 Å². The fourth-order valence-electron chi connectivity index (χ4n) is 1.93. The zero-order chi connectivity index (χ0) is 15.2. The van der Waals surface area contributed by atoms with Crippen molar-refractivity contribution in [2.75, 3.05) is 25.2 Å². The number of nitrogen functional groups attached to an aromatic ring is 2. The third kappa shape index (κ3) is 4.14. The predicted octanol–water partition coefficient (Wildman–Crippen LogP) is 2.26. The third-order valence-corrected chi connectivity index (χ3v) is 3.00. The molecule has 0 aliphatic rings. The van der Waals surface area contributed by atoms with E-state index in [1.807, 2.05) is 24.3 Å². The molecule has 0 aromatic heterocycles. The van der Waals surface area contributed by atoms with Crippen LogP contribution in [-0.2, 0) is 11.2 Å². The van der Waals surface area contributed by atoms with Crippen LogP contribution in [0.25, 0.3) is 0 Å². The summed E-state index contributed by atoms with van der Waals surface area (Å²) >= 11 is 0. The van der Waals surface area contributed by atoms with Gasteiger partial charge in [-0.3, -0.25) is 0 Å². The fraction of sp³-hybridized carbons (Fsp3) is 0.188. The zero-order valence-corrected chi connectivity index (χ0v) is 11.8. The summed E-state index contributed by atoms with van der Waals surface area (Å²) in [7, 11) is 1.62. The Bertz CT molecular complexity index is 604. The van der Waals surface area contributed by atoms with Gasteiger partial charge in [0.15, 0.2) is 0 Å². The van der Waals surface area contributed by atoms with Gasteiger partial charge >= 0.3 is 5.97 Å². The molecular weight excluding hydrogens is 268 g/mol. The largest absolute Gasteiger partial charge is 0.497 e. The molecule has 2 aromatic carbocycles. The van der Waals surface area contributed by atoms with Gasteiger partial charge in [0.05, 0.1) is 19.3 Å². The highest BCUT2D eigenvalue weighted by molar-refractivity contribution is 5.91. The average Bonchev–Trinajstić information content (AvgIpc) is 2.47. The minimum atomic E-state index is -0.428. The number of methoxy groups -OCH3 is 1. The summed E-state index contributed by atoms with van der Waals surface area (Å²) in [6, 6.07) is 12.3. The van der Waals surface area contributed by atoms with Crippen molar-refractivity contribution in [2.45, 2.75) is 6.42 Å². The quantitative estimate of drug-likeness (QED) is 0.650. The molecule has 0 bridgehead atoms. The molecule has 21 heavy (non-hydrogen) atoms. The summed E-state index contributed by atoms with van der Waals surface area (Å²) in [6.45, 7) is 0.292. The topological polar surface area (TPSA) is 87.6 Å². The second-order valence-electron chi connectivity index (χ2n) is 4.62. The van der Waals surface area contributed by atoms with E-state index in [0.29, 0.717) is 30.0 Å². The molecule has 0 spiro atoms. The van der Waals surface area contributed by atoms with Crippen molar-refractivity contribution in [3.8, 4) is 5.75 Å². The predicted molar refractivity (Wildman–Crippen MR) is 82.2 cm³/mol. The summed E-state index contributed by atoms with van der Waals surface area (Å²) in [6.07, 6.45) is 0.632. The standard InChI is InChI=1S/C16H18N2O3/c1-20-15-4-2-11(3-5-15)6-7-21-16(19)12-8-13(17)10-14(18)9-12/h2-5,8-10H,6-7,17-18H2,1H3. The Morgan fingerprint density at radius 2 is 1.67 bits per heavy atom. The van der Waals surface area contributed by atoms with E-state index in [0.717, 1.165) is 11.3 Å². The van der Waals surface area contributed by atoms with E-state index in [4.69, 9.17) is 20.9 Å². The van der Waals surface area contributed by atoms with Crippen LogP contribution in [0, 0.1) is 0 Å². The lowest BCUT2D eigenvalue weighted by Gasteiger charge is -2.07. The van der Waals surface area contributed by atoms with Gasteiger partial charge in [0.1, 0.15) is 5.75 Å². The molecule has 110 valence electrons. The molecule has 0 atom stereocenters. The van der Waals surface area contributed by atoms with E-state index in [1.165, 1.54) is 0 Å². The smallest absolute Gasteiger partial charge is 0.338 e. The molecule has 0 radical (unpaired) electrons. The highest BCUT2D eigenvalue weighted by Gasteiger charge is 2.08. The van der Waals surface area contributed by atoms with Crippen molar-refractivity contribution in [3.05, 3.63) is 53.6 Å². The Morgan fingerprint density at radius 1 is 1.05 bits per heavy atom. The first kappa shape index (κ1) is 14.7. The van der Waals surface area contributed by atoms with Gasteiger partial charge in [-0.25, -0.2) is 4.79 Å². The Kier molecular flexibility index (Phi) is 4.66. The van der Waals surface area contributed by atoms with E-state index in [9.17, 15) is 4.79 Å². The van der Waals surface area contributed by atoms with Crippen LogP contribution in [0.5, 0.6) is 5.75 Å². The zero-order valence-electron chi connectivity index (χ0n) is 11.8. The van der Waals surface area contributed by atoms with Crippen molar-refractivity contribution in [2.24, 2.45) is 0 Å². The summed E-state index contributed by atoms with van der Waals surface area (Å²) in [5.74, 6) is 0.369. The first-order valence-corrected chi connectivity index (χ1v) is 6.54. The lowest BCUT2D eigenvalue weighted by atomic mass is 10.1. The Balaban J connectivity index is 1.88. The normalized spacial score (nSPS) is 10.1. The molecule has 0 amide bonds. The molecule has 0 saturated carbocycles. The van der Waals surface area contributed by atoms with Crippen LogP contribution < -0.4 is 16.2 Å². The molecule has 2 aromatic rings. The third-order valence-electron chi connectivity index (χ3n) is 3.00. The molecule has 4 N–H and O–H groups in total. The molecule has 0 aliphatic heterocycles. The van der Waals surface area contributed by atoms with Crippen LogP contribution in [0.4, 0.5) is 11.4 Å². The van der Waals surface area contributed by atoms with Gasteiger partial charge in [0.2, 0.25) is 0 Å². The number of anilines is 2. The molecule has 2 rings (SSSR count). The van der Waals surface area contributed by atoms with Gasteiger partial charge in [-0.1, -0.05) is 12.1 Å². The van der Waals surface area contributed by atoms with Gasteiger partial charge in [-0.2, -0.15) is 0 Å². The molecule has 0 unspecified atom stereocenters. The maximum Gasteiger partial charge on any atom is 0.338 e. The van der Waals surface area contributed by atoms with E-state index < -0.39 is 5.97 Å². The number of hydrogen-bond donors (Lipinski definition) is 2. The molecule has 0 heterocycles. The Labute approximate surface area is 123 Å². The van der Waals surface area contributed by atoms with Crippen LogP contribution in [0.2, 0.25) is 0 Å². The van der Waals surface area contributed by atoms with Crippen molar-refractivity contribution < 1.29 is 14.3 Å². The second kappa shape index (κ2) is 6.65. The summed E-state index contributed by atoms with van der Waals surface area (Å²) < 4.78 is 10.3. The van der Waals surface area contributed by atoms with Crippen LogP contribution in [0.1, 0.15) is 15.9 Å². The van der Waals surface area contributed by atoms with E-state index in [-0.39, 0.29) is 0 Å². The number of esters is 1. The van der Waals surface area contributed by atoms with E-state index in [1.54, 1.807) is 25.3 Å². The van der Waals surface area contributed by atoms with Gasteiger partial charge in [-0.15, -0.1) is 0 Å². The molecular formula is C16H18N2O3. The molecule has 0 aliphatic carbocycles. The molecule has 5 nitrogen and oxygen atoms in total. The van der Waals surface area contributed by atoms with E-state index >= 15 is 0 Å². The average molecular weight is 286 g/mol. The number of carbonyl (C=O) groups excluding carboxylic acids is 1. The summed E-state index contributed by atoms with van der Waals surface area (Å²) in [5, 5.41) is 0. The van der Waals surface area contributed by atoms with Crippen LogP contribution in [-0.4, -0.2) is 19.7 Å². The first-order valence-electron chi connectivity index (χ1n) is 6.54. The number of hydrogen-bond acceptors (Lipinski definition) is 5. The van der Waals surface area contributed by atoms with Crippen molar-refractivity contribution in [1.82, 2.24) is 0 Å². The highest BCUT2D eigenvalue weighted by atomic mass is 16.5. The monoisotopic (exact) mass is 286 g/mol. The highest BCUT2D eigenvalue weighted by Crippen LogP contribution is 2.15. The van der Waals surface area contributed by atoms with Crippen molar-refractivity contribution in [1.29, 1.82) is 0 Å². The number of ether oxygens (including phenoxy) is 2. The van der Waals surface area contributed by atoms with Crippen LogP contribution in [0.15, 0.2) is 42.5 Å². The molecule has 0 fully saturated rings. The SMILES string of the molecule is COc1ccc(CCOC(=O)c2cc(N)cc(N)c2)cc1. The minimum absolute atomic E-state index is 0.292. The Hall–Kier alpha value is -2.69. The summed E-state index contributed by atoms with van der Waals surface area (Å²) in [5.41, 5.74) is 13.6. The van der Waals surface area contributed by atoms with Crippen LogP contribution in [0.3, 0.4) is 0 Å². The first-order chi connectivity index (χ1) is 10.1. The van der Waals surface area contributed by atoms with E-state index in [2.05, 4.69) is 0 Å².